The number of hydrogen-bond acceptors (Lipinski definition) is 8. The molecule has 0 radical (unpaired) electrons. The first kappa shape index (κ1) is 35.8. The average Bonchev–Trinajstić information content (AvgIpc) is 3.52. The van der Waals surface area contributed by atoms with E-state index in [0.717, 1.165) is 52.6 Å². The van der Waals surface area contributed by atoms with Crippen LogP contribution >= 0.6 is 11.3 Å². The summed E-state index contributed by atoms with van der Waals surface area (Å²) < 4.78 is 12.4. The fourth-order valence-corrected chi connectivity index (χ4v) is 6.68. The van der Waals surface area contributed by atoms with E-state index in [1.54, 1.807) is 31.7 Å². The van der Waals surface area contributed by atoms with Gasteiger partial charge < -0.3 is 25.2 Å². The summed E-state index contributed by atoms with van der Waals surface area (Å²) in [5, 5.41) is 16.9. The number of aryl methyl sites for hydroxylation is 1. The number of ether oxygens (including phenoxy) is 2. The van der Waals surface area contributed by atoms with Crippen LogP contribution in [0.3, 0.4) is 0 Å². The van der Waals surface area contributed by atoms with Gasteiger partial charge in [-0.1, -0.05) is 61.1 Å². The maximum Gasteiger partial charge on any atom is 0.328 e. The number of allylic oxidation sites excluding steroid dienone is 7. The fraction of sp³-hybridized carbons (Fsp3) is 0.459. The second kappa shape index (κ2) is 17.8. The lowest BCUT2D eigenvalue weighted by Gasteiger charge is -2.26. The summed E-state index contributed by atoms with van der Waals surface area (Å²) in [6.07, 6.45) is 20.6. The molecule has 0 fully saturated rings. The van der Waals surface area contributed by atoms with Crippen molar-refractivity contribution in [3.05, 3.63) is 76.9 Å². The molecule has 3 N–H and O–H groups in total. The number of fused-ring (bicyclic) bond motifs is 4. The van der Waals surface area contributed by atoms with Crippen LogP contribution in [0, 0.1) is 5.92 Å². The summed E-state index contributed by atoms with van der Waals surface area (Å²) in [7, 11) is 1.54. The van der Waals surface area contributed by atoms with Gasteiger partial charge in [0.05, 0.1) is 33.9 Å². The summed E-state index contributed by atoms with van der Waals surface area (Å²) in [4.78, 5) is 43.2. The van der Waals surface area contributed by atoms with Gasteiger partial charge in [-0.05, 0) is 70.8 Å². The number of aromatic hydroxyl groups is 1. The standard InChI is InChI=1S/C37H47N3O6S/c1-24-14-13-18-29-34(42)30(22-31-35(29)47-23-38-31)40-33(41)21-28(45-4)17-11-6-5-7-12-19-32(25(2)20-24)46-37(44)26(3)39-36(43)27-15-9-8-10-16-27/h5-7,11-12,14-15,17,22-23,25-26,28,32,42H,8-10,13,16,18-21H2,1-4H3,(H,39,43)(H,40,41)/b6-5+,12-7+,17-11+,24-14-. The van der Waals surface area contributed by atoms with Crippen molar-refractivity contribution in [3.8, 4) is 5.75 Å². The lowest BCUT2D eigenvalue weighted by atomic mass is 9.93. The molecule has 4 unspecified atom stereocenters. The lowest BCUT2D eigenvalue weighted by molar-refractivity contribution is -0.154. The Bertz CT molecular complexity index is 1570. The molecule has 47 heavy (non-hydrogen) atoms. The van der Waals surface area contributed by atoms with Crippen molar-refractivity contribution in [1.82, 2.24) is 10.3 Å². The van der Waals surface area contributed by atoms with Gasteiger partial charge in [0.15, 0.2) is 0 Å². The molecular formula is C37H47N3O6S. The molecule has 2 bridgehead atoms. The molecule has 10 heteroatoms. The largest absolute Gasteiger partial charge is 0.505 e. The van der Waals surface area contributed by atoms with Gasteiger partial charge in [0, 0.05) is 24.7 Å². The van der Waals surface area contributed by atoms with Gasteiger partial charge in [0.25, 0.3) is 0 Å². The zero-order chi connectivity index (χ0) is 33.8. The molecular weight excluding hydrogens is 614 g/mol. The predicted octanol–water partition coefficient (Wildman–Crippen LogP) is 7.24. The smallest absolute Gasteiger partial charge is 0.328 e. The number of carbonyl (C=O) groups is 3. The van der Waals surface area contributed by atoms with Crippen LogP contribution in [-0.4, -0.2) is 53.2 Å². The third kappa shape index (κ3) is 10.5. The van der Waals surface area contributed by atoms with Crippen molar-refractivity contribution in [2.45, 2.75) is 96.8 Å². The van der Waals surface area contributed by atoms with Gasteiger partial charge in [-0.15, -0.1) is 11.3 Å². The summed E-state index contributed by atoms with van der Waals surface area (Å²) in [6.45, 7) is 5.79. The van der Waals surface area contributed by atoms with E-state index >= 15 is 0 Å². The molecule has 2 heterocycles. The highest BCUT2D eigenvalue weighted by Crippen LogP contribution is 2.38. The maximum atomic E-state index is 13.2. The van der Waals surface area contributed by atoms with E-state index in [1.807, 2.05) is 36.5 Å². The molecule has 0 saturated heterocycles. The molecule has 0 spiro atoms. The summed E-state index contributed by atoms with van der Waals surface area (Å²) in [5.74, 6) is -0.883. The number of rotatable bonds is 5. The van der Waals surface area contributed by atoms with E-state index in [9.17, 15) is 19.5 Å². The first-order valence-electron chi connectivity index (χ1n) is 16.4. The molecule has 2 aromatic rings. The second-order valence-corrected chi connectivity index (χ2v) is 13.2. The molecule has 9 nitrogen and oxygen atoms in total. The first-order chi connectivity index (χ1) is 22.7. The zero-order valence-electron chi connectivity index (χ0n) is 27.8. The van der Waals surface area contributed by atoms with Crippen molar-refractivity contribution in [2.75, 3.05) is 12.4 Å². The zero-order valence-corrected chi connectivity index (χ0v) is 28.6. The van der Waals surface area contributed by atoms with Crippen LogP contribution in [0.4, 0.5) is 5.69 Å². The number of methoxy groups -OCH3 is 1. The van der Waals surface area contributed by atoms with Gasteiger partial charge in [-0.25, -0.2) is 9.78 Å². The minimum absolute atomic E-state index is 0.00407. The first-order valence-corrected chi connectivity index (χ1v) is 17.3. The molecule has 1 aromatic carbocycles. The summed E-state index contributed by atoms with van der Waals surface area (Å²) in [5.41, 5.74) is 5.41. The number of nitrogens with zero attached hydrogens (tertiary/aromatic N) is 1. The Balaban J connectivity index is 1.53. The fourth-order valence-electron chi connectivity index (χ4n) is 5.83. The van der Waals surface area contributed by atoms with Crippen LogP contribution in [0.5, 0.6) is 5.75 Å². The van der Waals surface area contributed by atoms with Gasteiger partial charge in [0.1, 0.15) is 17.9 Å². The minimum Gasteiger partial charge on any atom is -0.505 e. The normalized spacial score (nSPS) is 25.5. The number of thiazole rings is 1. The number of esters is 1. The summed E-state index contributed by atoms with van der Waals surface area (Å²) >= 11 is 1.46. The Kier molecular flexibility index (Phi) is 13.5. The maximum absolute atomic E-state index is 13.2. The number of phenolic OH excluding ortho intramolecular Hbond substituents is 1. The molecule has 1 aliphatic heterocycles. The SMILES string of the molecule is COC1/C=C/C=C/C=C/CC(OC(=O)C(C)NC(=O)C2=CCCCC2)C(C)C/C(C)=C\CCc2c(O)c(cc3ncsc23)NC(=O)C1. The third-order valence-electron chi connectivity index (χ3n) is 8.54. The molecule has 4 atom stereocenters. The highest BCUT2D eigenvalue weighted by molar-refractivity contribution is 7.17. The van der Waals surface area contributed by atoms with Gasteiger partial charge in [-0.3, -0.25) is 9.59 Å². The van der Waals surface area contributed by atoms with E-state index in [0.29, 0.717) is 31.4 Å². The lowest BCUT2D eigenvalue weighted by Crippen LogP contribution is -2.42. The monoisotopic (exact) mass is 661 g/mol. The quantitative estimate of drug-likeness (QED) is 0.175. The Hall–Kier alpha value is -4.02. The number of carbonyl (C=O) groups excluding carboxylic acids is 3. The van der Waals surface area contributed by atoms with E-state index in [2.05, 4.69) is 35.5 Å². The van der Waals surface area contributed by atoms with Crippen molar-refractivity contribution >= 4 is 45.0 Å². The van der Waals surface area contributed by atoms with Crippen LogP contribution in [-0.2, 0) is 30.3 Å². The van der Waals surface area contributed by atoms with Crippen LogP contribution in [0.15, 0.2) is 71.3 Å². The number of phenols is 1. The number of hydrogen-bond donors (Lipinski definition) is 3. The van der Waals surface area contributed by atoms with E-state index in [4.69, 9.17) is 9.47 Å². The van der Waals surface area contributed by atoms with Crippen molar-refractivity contribution in [2.24, 2.45) is 5.92 Å². The molecule has 252 valence electrons. The average molecular weight is 662 g/mol. The Morgan fingerprint density at radius 1 is 1.11 bits per heavy atom. The number of benzene rings is 1. The topological polar surface area (TPSA) is 127 Å². The number of nitrogens with one attached hydrogen (secondary N) is 2. The van der Waals surface area contributed by atoms with E-state index in [1.165, 1.54) is 11.3 Å². The Morgan fingerprint density at radius 2 is 1.91 bits per heavy atom. The van der Waals surface area contributed by atoms with E-state index < -0.39 is 24.2 Å². The van der Waals surface area contributed by atoms with E-state index in [-0.39, 0.29) is 29.9 Å². The van der Waals surface area contributed by atoms with Gasteiger partial charge in [0.2, 0.25) is 11.8 Å². The number of amides is 2. The molecule has 1 aromatic heterocycles. The Morgan fingerprint density at radius 3 is 2.68 bits per heavy atom. The van der Waals surface area contributed by atoms with Gasteiger partial charge in [-0.2, -0.15) is 0 Å². The molecule has 1 aliphatic carbocycles. The molecule has 2 amide bonds. The van der Waals surface area contributed by atoms with Crippen LogP contribution < -0.4 is 10.6 Å². The van der Waals surface area contributed by atoms with Crippen molar-refractivity contribution in [1.29, 1.82) is 0 Å². The van der Waals surface area contributed by atoms with Crippen LogP contribution in [0.1, 0.15) is 77.7 Å². The highest BCUT2D eigenvalue weighted by Gasteiger charge is 2.26. The molecule has 0 saturated carbocycles. The number of aromatic nitrogens is 1. The van der Waals surface area contributed by atoms with Crippen molar-refractivity contribution in [3.63, 3.8) is 0 Å². The third-order valence-corrected chi connectivity index (χ3v) is 9.44. The van der Waals surface area contributed by atoms with Crippen LogP contribution in [0.2, 0.25) is 0 Å². The Labute approximate surface area is 281 Å². The van der Waals surface area contributed by atoms with Gasteiger partial charge >= 0.3 is 5.97 Å². The minimum atomic E-state index is -0.768. The molecule has 2 aliphatic rings. The molecule has 4 rings (SSSR count). The number of anilines is 1. The summed E-state index contributed by atoms with van der Waals surface area (Å²) in [6, 6.07) is 0.935. The second-order valence-electron chi connectivity index (χ2n) is 12.3. The van der Waals surface area contributed by atoms with Crippen molar-refractivity contribution < 1.29 is 29.0 Å². The van der Waals surface area contributed by atoms with Crippen LogP contribution in [0.25, 0.3) is 10.2 Å². The predicted molar refractivity (Wildman–Crippen MR) is 187 cm³/mol. The highest BCUT2D eigenvalue weighted by atomic mass is 32.1.